The molecule has 2 rings (SSSR count). The molecule has 1 N–H and O–H groups in total. The third-order valence-electron chi connectivity index (χ3n) is 4.55. The smallest absolute Gasteiger partial charge is 0.0157 e. The molecule has 0 spiro atoms. The summed E-state index contributed by atoms with van der Waals surface area (Å²) in [5.74, 6) is 0.773. The number of hydrogen-bond acceptors (Lipinski definition) is 1. The number of alkyl halides is 1. The molecule has 0 unspecified atom stereocenters. The molecule has 68 valence electrons. The first-order chi connectivity index (χ1) is 5.54. The zero-order valence-corrected chi connectivity index (χ0v) is 9.37. The van der Waals surface area contributed by atoms with Gasteiger partial charge in [0, 0.05) is 16.5 Å². The van der Waals surface area contributed by atoms with Crippen molar-refractivity contribution in [2.75, 3.05) is 5.33 Å². The van der Waals surface area contributed by atoms with Gasteiger partial charge >= 0.3 is 0 Å². The first-order valence-corrected chi connectivity index (χ1v) is 5.80. The van der Waals surface area contributed by atoms with Gasteiger partial charge in [-0.3, -0.25) is 0 Å². The van der Waals surface area contributed by atoms with Crippen molar-refractivity contribution >= 4 is 21.6 Å². The minimum absolute atomic E-state index is 0.209. The minimum Gasteiger partial charge on any atom is -0.309 e. The fourth-order valence-corrected chi connectivity index (χ4v) is 4.15. The van der Waals surface area contributed by atoms with E-state index in [0.29, 0.717) is 5.41 Å². The van der Waals surface area contributed by atoms with Gasteiger partial charge < -0.3 is 5.41 Å². The van der Waals surface area contributed by atoms with Gasteiger partial charge in [-0.2, -0.15) is 0 Å². The zero-order valence-electron chi connectivity index (χ0n) is 7.78. The molecule has 0 amide bonds. The Morgan fingerprint density at radius 3 is 2.50 bits per heavy atom. The number of fused-ring (bicyclic) bond motifs is 2. The second-order valence-electron chi connectivity index (χ2n) is 4.80. The van der Waals surface area contributed by atoms with Crippen LogP contribution in [-0.2, 0) is 0 Å². The molecule has 0 aromatic heterocycles. The van der Waals surface area contributed by atoms with Crippen LogP contribution < -0.4 is 0 Å². The summed E-state index contributed by atoms with van der Waals surface area (Å²) < 4.78 is 0. The summed E-state index contributed by atoms with van der Waals surface area (Å²) in [6.45, 7) is 4.63. The number of hydrogen-bond donors (Lipinski definition) is 1. The van der Waals surface area contributed by atoms with Gasteiger partial charge in [0.05, 0.1) is 0 Å². The van der Waals surface area contributed by atoms with E-state index in [2.05, 4.69) is 29.8 Å². The van der Waals surface area contributed by atoms with Gasteiger partial charge in [-0.1, -0.05) is 29.8 Å². The summed E-state index contributed by atoms with van der Waals surface area (Å²) in [5.41, 5.74) is 1.58. The molecular formula is C10H16BrN. The number of rotatable bonds is 1. The van der Waals surface area contributed by atoms with Crippen LogP contribution in [0.4, 0.5) is 0 Å². The van der Waals surface area contributed by atoms with E-state index in [0.717, 1.165) is 23.4 Å². The van der Waals surface area contributed by atoms with E-state index < -0.39 is 0 Å². The molecule has 2 fully saturated rings. The van der Waals surface area contributed by atoms with Crippen LogP contribution in [0.25, 0.3) is 0 Å². The molecule has 1 nitrogen and oxygen atoms in total. The lowest BCUT2D eigenvalue weighted by molar-refractivity contribution is 0.203. The summed E-state index contributed by atoms with van der Waals surface area (Å²) in [7, 11) is 0. The Balaban J connectivity index is 2.44. The van der Waals surface area contributed by atoms with Crippen molar-refractivity contribution in [3.63, 3.8) is 0 Å². The van der Waals surface area contributed by atoms with Crippen LogP contribution in [0.15, 0.2) is 0 Å². The van der Waals surface area contributed by atoms with E-state index in [-0.39, 0.29) is 5.41 Å². The molecular weight excluding hydrogens is 214 g/mol. The molecule has 12 heavy (non-hydrogen) atoms. The van der Waals surface area contributed by atoms with Gasteiger partial charge in [0.25, 0.3) is 0 Å². The van der Waals surface area contributed by atoms with E-state index in [1.54, 1.807) is 0 Å². The number of nitrogens with one attached hydrogen (secondary N) is 1. The topological polar surface area (TPSA) is 23.9 Å². The van der Waals surface area contributed by atoms with Gasteiger partial charge in [0.15, 0.2) is 0 Å². The Bertz CT molecular complexity index is 238. The first kappa shape index (κ1) is 8.74. The highest BCUT2D eigenvalue weighted by molar-refractivity contribution is 9.09. The van der Waals surface area contributed by atoms with Crippen molar-refractivity contribution in [2.24, 2.45) is 16.7 Å². The van der Waals surface area contributed by atoms with Crippen molar-refractivity contribution < 1.29 is 0 Å². The van der Waals surface area contributed by atoms with Crippen LogP contribution in [0, 0.1) is 22.2 Å². The maximum Gasteiger partial charge on any atom is 0.0157 e. The number of halogens is 1. The average molecular weight is 230 g/mol. The molecule has 0 heterocycles. The van der Waals surface area contributed by atoms with Crippen LogP contribution in [0.2, 0.25) is 0 Å². The van der Waals surface area contributed by atoms with Gasteiger partial charge in [-0.25, -0.2) is 0 Å². The summed E-state index contributed by atoms with van der Waals surface area (Å²) in [6.07, 6.45) is 3.62. The lowest BCUT2D eigenvalue weighted by Gasteiger charge is -2.36. The molecule has 2 bridgehead atoms. The van der Waals surface area contributed by atoms with Gasteiger partial charge in [0.2, 0.25) is 0 Å². The molecule has 0 radical (unpaired) electrons. The van der Waals surface area contributed by atoms with Crippen LogP contribution in [-0.4, -0.2) is 11.0 Å². The normalized spacial score (nSPS) is 51.9. The maximum absolute atomic E-state index is 7.97. The third-order valence-corrected chi connectivity index (χ3v) is 5.71. The van der Waals surface area contributed by atoms with Crippen LogP contribution in [0.5, 0.6) is 0 Å². The second kappa shape index (κ2) is 2.34. The molecule has 3 atom stereocenters. The van der Waals surface area contributed by atoms with E-state index in [9.17, 15) is 0 Å². The van der Waals surface area contributed by atoms with Crippen LogP contribution in [0.1, 0.15) is 33.1 Å². The third kappa shape index (κ3) is 0.729. The van der Waals surface area contributed by atoms with Gasteiger partial charge in [-0.15, -0.1) is 0 Å². The van der Waals surface area contributed by atoms with Gasteiger partial charge in [-0.05, 0) is 30.6 Å². The van der Waals surface area contributed by atoms with Crippen molar-refractivity contribution in [3.05, 3.63) is 0 Å². The first-order valence-electron chi connectivity index (χ1n) is 4.68. The Morgan fingerprint density at radius 2 is 2.25 bits per heavy atom. The Labute approximate surface area is 82.6 Å². The minimum atomic E-state index is 0.209. The predicted octanol–water partition coefficient (Wildman–Crippen LogP) is 3.23. The van der Waals surface area contributed by atoms with E-state index in [4.69, 9.17) is 5.41 Å². The summed E-state index contributed by atoms with van der Waals surface area (Å²) in [6, 6.07) is 0. The highest BCUT2D eigenvalue weighted by Gasteiger charge is 2.61. The fourth-order valence-electron chi connectivity index (χ4n) is 3.07. The van der Waals surface area contributed by atoms with E-state index in [1.165, 1.54) is 12.8 Å². The molecule has 0 aliphatic heterocycles. The van der Waals surface area contributed by atoms with Crippen molar-refractivity contribution in [1.29, 1.82) is 5.41 Å². The lowest BCUT2D eigenvalue weighted by atomic mass is 9.70. The molecule has 2 aliphatic rings. The fraction of sp³-hybridized carbons (Fsp3) is 0.900. The van der Waals surface area contributed by atoms with Gasteiger partial charge in [0.1, 0.15) is 0 Å². The molecule has 0 saturated heterocycles. The van der Waals surface area contributed by atoms with Crippen molar-refractivity contribution in [2.45, 2.75) is 33.1 Å². The van der Waals surface area contributed by atoms with E-state index >= 15 is 0 Å². The zero-order chi connectivity index (χ0) is 8.98. The second-order valence-corrected chi connectivity index (χ2v) is 5.36. The van der Waals surface area contributed by atoms with E-state index in [1.807, 2.05) is 0 Å². The van der Waals surface area contributed by atoms with Crippen LogP contribution >= 0.6 is 15.9 Å². The Hall–Kier alpha value is 0.150. The SMILES string of the molecule is C[C@@]12CC[C@@H](CC1=N)[C@@]2(C)CBr. The maximum atomic E-state index is 7.97. The average Bonchev–Trinajstić information content (AvgIpc) is 2.39. The van der Waals surface area contributed by atoms with Crippen molar-refractivity contribution in [1.82, 2.24) is 0 Å². The quantitative estimate of drug-likeness (QED) is 0.669. The Kier molecular flexibility index (Phi) is 1.70. The highest BCUT2D eigenvalue weighted by Crippen LogP contribution is 2.64. The summed E-state index contributed by atoms with van der Waals surface area (Å²) >= 11 is 3.62. The molecule has 2 heteroatoms. The largest absolute Gasteiger partial charge is 0.309 e. The van der Waals surface area contributed by atoms with Crippen molar-refractivity contribution in [3.8, 4) is 0 Å². The summed E-state index contributed by atoms with van der Waals surface area (Å²) in [4.78, 5) is 0. The van der Waals surface area contributed by atoms with Crippen LogP contribution in [0.3, 0.4) is 0 Å². The molecule has 2 aliphatic carbocycles. The molecule has 0 aromatic rings. The predicted molar refractivity (Wildman–Crippen MR) is 55.1 cm³/mol. The lowest BCUT2D eigenvalue weighted by Crippen LogP contribution is -2.35. The summed E-state index contributed by atoms with van der Waals surface area (Å²) in [5, 5.41) is 9.03. The standard InChI is InChI=1S/C10H16BrN/c1-9-4-3-7(5-8(9)12)10(9,2)6-11/h7,12H,3-6H2,1-2H3/t7-,9+,10+/m0/s1. The Morgan fingerprint density at radius 1 is 1.58 bits per heavy atom. The molecule has 0 aromatic carbocycles. The highest BCUT2D eigenvalue weighted by atomic mass is 79.9. The molecule has 2 saturated carbocycles. The monoisotopic (exact) mass is 229 g/mol.